The van der Waals surface area contributed by atoms with Crippen LogP contribution in [0.3, 0.4) is 0 Å². The van der Waals surface area contributed by atoms with Gasteiger partial charge >= 0.3 is 0 Å². The molecule has 1 saturated carbocycles. The Morgan fingerprint density at radius 3 is 1.80 bits per heavy atom. The van der Waals surface area contributed by atoms with Gasteiger partial charge in [0.25, 0.3) is 5.92 Å². The summed E-state index contributed by atoms with van der Waals surface area (Å²) < 4.78 is 26.3. The number of hydrogen-bond donors (Lipinski definition) is 0. The topological polar surface area (TPSA) is 0 Å². The third kappa shape index (κ3) is 3.15. The van der Waals surface area contributed by atoms with Gasteiger partial charge in [0.1, 0.15) is 0 Å². The van der Waals surface area contributed by atoms with Crippen molar-refractivity contribution in [3.8, 4) is 0 Å². The first-order valence-electron chi connectivity index (χ1n) is 6.34. The molecular weight excluding hydrogens is 194 g/mol. The van der Waals surface area contributed by atoms with E-state index in [1.165, 1.54) is 0 Å². The molecule has 1 aliphatic carbocycles. The van der Waals surface area contributed by atoms with E-state index >= 15 is 0 Å². The molecule has 0 aliphatic heterocycles. The van der Waals surface area contributed by atoms with E-state index in [9.17, 15) is 8.78 Å². The molecule has 0 bridgehead atoms. The van der Waals surface area contributed by atoms with Crippen LogP contribution < -0.4 is 0 Å². The van der Waals surface area contributed by atoms with Gasteiger partial charge in [-0.15, -0.1) is 0 Å². The standard InChI is InChI=1S/C13H24F2/c1-4-6-8-12(3,9-7-5-2)11-10-13(11,14)15/h11H,4-10H2,1-3H3. The van der Waals surface area contributed by atoms with Crippen LogP contribution >= 0.6 is 0 Å². The molecule has 90 valence electrons. The predicted molar refractivity (Wildman–Crippen MR) is 60.2 cm³/mol. The van der Waals surface area contributed by atoms with E-state index in [0.29, 0.717) is 0 Å². The van der Waals surface area contributed by atoms with Gasteiger partial charge in [-0.05, 0) is 18.3 Å². The minimum Gasteiger partial charge on any atom is -0.207 e. The summed E-state index contributed by atoms with van der Waals surface area (Å²) >= 11 is 0. The Labute approximate surface area is 92.4 Å². The Kier molecular flexibility index (Phi) is 4.13. The summed E-state index contributed by atoms with van der Waals surface area (Å²) in [5, 5.41) is 0. The lowest BCUT2D eigenvalue weighted by molar-refractivity contribution is 0.0519. The Morgan fingerprint density at radius 2 is 1.53 bits per heavy atom. The summed E-state index contributed by atoms with van der Waals surface area (Å²) in [6, 6.07) is 0. The van der Waals surface area contributed by atoms with E-state index in [-0.39, 0.29) is 17.8 Å². The zero-order valence-corrected chi connectivity index (χ0v) is 10.3. The Balaban J connectivity index is 2.52. The number of unbranched alkanes of at least 4 members (excludes halogenated alkanes) is 2. The molecule has 0 aromatic heterocycles. The lowest BCUT2D eigenvalue weighted by Crippen LogP contribution is -2.22. The maximum atomic E-state index is 13.1. The molecule has 1 atom stereocenters. The molecule has 0 spiro atoms. The smallest absolute Gasteiger partial charge is 0.207 e. The van der Waals surface area contributed by atoms with Gasteiger partial charge in [-0.25, -0.2) is 8.78 Å². The maximum Gasteiger partial charge on any atom is 0.252 e. The average Bonchev–Trinajstić information content (AvgIpc) is 2.82. The number of halogens is 2. The van der Waals surface area contributed by atoms with Crippen LogP contribution in [0.2, 0.25) is 0 Å². The van der Waals surface area contributed by atoms with E-state index in [1.807, 2.05) is 0 Å². The van der Waals surface area contributed by atoms with Crippen LogP contribution in [0.25, 0.3) is 0 Å². The minimum atomic E-state index is -2.35. The lowest BCUT2D eigenvalue weighted by Gasteiger charge is -2.29. The van der Waals surface area contributed by atoms with E-state index in [0.717, 1.165) is 38.5 Å². The zero-order chi connectivity index (χ0) is 11.5. The van der Waals surface area contributed by atoms with Crippen LogP contribution in [-0.2, 0) is 0 Å². The molecule has 1 fully saturated rings. The molecule has 1 unspecified atom stereocenters. The second-order valence-electron chi connectivity index (χ2n) is 5.38. The molecule has 0 aromatic carbocycles. The van der Waals surface area contributed by atoms with Gasteiger partial charge in [0.15, 0.2) is 0 Å². The second-order valence-corrected chi connectivity index (χ2v) is 5.38. The molecular formula is C13H24F2. The molecule has 1 aliphatic rings. The van der Waals surface area contributed by atoms with E-state index in [1.54, 1.807) is 0 Å². The number of alkyl halides is 2. The van der Waals surface area contributed by atoms with Gasteiger partial charge in [-0.3, -0.25) is 0 Å². The van der Waals surface area contributed by atoms with Crippen LogP contribution in [0.1, 0.15) is 65.7 Å². The van der Waals surface area contributed by atoms with Gasteiger partial charge in [0.2, 0.25) is 0 Å². The molecule has 0 aromatic rings. The van der Waals surface area contributed by atoms with Crippen molar-refractivity contribution in [2.24, 2.45) is 11.3 Å². The Hall–Kier alpha value is -0.140. The molecule has 1 rings (SSSR count). The highest BCUT2D eigenvalue weighted by Gasteiger charge is 2.63. The molecule has 15 heavy (non-hydrogen) atoms. The van der Waals surface area contributed by atoms with Crippen molar-refractivity contribution in [3.05, 3.63) is 0 Å². The summed E-state index contributed by atoms with van der Waals surface area (Å²) in [4.78, 5) is 0. The monoisotopic (exact) mass is 218 g/mol. The molecule has 0 radical (unpaired) electrons. The average molecular weight is 218 g/mol. The number of hydrogen-bond acceptors (Lipinski definition) is 0. The first kappa shape index (κ1) is 12.9. The Morgan fingerprint density at radius 1 is 1.13 bits per heavy atom. The molecule has 2 heteroatoms. The van der Waals surface area contributed by atoms with Crippen molar-refractivity contribution in [2.45, 2.75) is 71.6 Å². The van der Waals surface area contributed by atoms with Gasteiger partial charge in [-0.1, -0.05) is 46.5 Å². The Bertz CT molecular complexity index is 191. The van der Waals surface area contributed by atoms with Crippen molar-refractivity contribution in [2.75, 3.05) is 0 Å². The SMILES string of the molecule is CCCCC(C)(CCCC)C1CC1(F)F. The van der Waals surface area contributed by atoms with Crippen LogP contribution in [-0.4, -0.2) is 5.92 Å². The highest BCUT2D eigenvalue weighted by molar-refractivity contribution is 5.04. The van der Waals surface area contributed by atoms with Gasteiger partial charge in [0.05, 0.1) is 0 Å². The van der Waals surface area contributed by atoms with Gasteiger partial charge in [-0.2, -0.15) is 0 Å². The van der Waals surface area contributed by atoms with Crippen molar-refractivity contribution in [1.82, 2.24) is 0 Å². The fraction of sp³-hybridized carbons (Fsp3) is 1.00. The lowest BCUT2D eigenvalue weighted by atomic mass is 9.76. The van der Waals surface area contributed by atoms with Crippen molar-refractivity contribution in [1.29, 1.82) is 0 Å². The predicted octanol–water partition coefficient (Wildman–Crippen LogP) is 5.03. The summed E-state index contributed by atoms with van der Waals surface area (Å²) in [5.41, 5.74) is -0.102. The fourth-order valence-corrected chi connectivity index (χ4v) is 2.60. The molecule has 0 amide bonds. The van der Waals surface area contributed by atoms with E-state index in [2.05, 4.69) is 20.8 Å². The summed E-state index contributed by atoms with van der Waals surface area (Å²) in [6.45, 7) is 6.33. The molecule has 0 nitrogen and oxygen atoms in total. The minimum absolute atomic E-state index is 0.102. The summed E-state index contributed by atoms with van der Waals surface area (Å²) in [5.74, 6) is -2.68. The van der Waals surface area contributed by atoms with Crippen LogP contribution in [0.4, 0.5) is 8.78 Å². The second kappa shape index (κ2) is 4.80. The third-order valence-electron chi connectivity index (χ3n) is 3.87. The van der Waals surface area contributed by atoms with Crippen molar-refractivity contribution >= 4 is 0 Å². The van der Waals surface area contributed by atoms with Crippen LogP contribution in [0.15, 0.2) is 0 Å². The largest absolute Gasteiger partial charge is 0.252 e. The number of rotatable bonds is 7. The van der Waals surface area contributed by atoms with Gasteiger partial charge < -0.3 is 0 Å². The van der Waals surface area contributed by atoms with E-state index in [4.69, 9.17) is 0 Å². The van der Waals surface area contributed by atoms with E-state index < -0.39 is 5.92 Å². The summed E-state index contributed by atoms with van der Waals surface area (Å²) in [6.07, 6.45) is 6.49. The van der Waals surface area contributed by atoms with Crippen molar-refractivity contribution < 1.29 is 8.78 Å². The van der Waals surface area contributed by atoms with Gasteiger partial charge in [0, 0.05) is 12.3 Å². The summed E-state index contributed by atoms with van der Waals surface area (Å²) in [7, 11) is 0. The van der Waals surface area contributed by atoms with Crippen molar-refractivity contribution in [3.63, 3.8) is 0 Å². The first-order chi connectivity index (χ1) is 6.96. The molecule has 0 N–H and O–H groups in total. The molecule has 0 saturated heterocycles. The highest BCUT2D eigenvalue weighted by Crippen LogP contribution is 2.61. The first-order valence-corrected chi connectivity index (χ1v) is 6.34. The zero-order valence-electron chi connectivity index (χ0n) is 10.3. The normalized spacial score (nSPS) is 24.2. The highest BCUT2D eigenvalue weighted by atomic mass is 19.3. The molecule has 0 heterocycles. The maximum absolute atomic E-state index is 13.1. The van der Waals surface area contributed by atoms with Crippen LogP contribution in [0.5, 0.6) is 0 Å². The van der Waals surface area contributed by atoms with Crippen LogP contribution in [0, 0.1) is 11.3 Å². The fourth-order valence-electron chi connectivity index (χ4n) is 2.60. The quantitative estimate of drug-likeness (QED) is 0.562. The third-order valence-corrected chi connectivity index (χ3v) is 3.87.